The van der Waals surface area contributed by atoms with Gasteiger partial charge in [-0.25, -0.2) is 4.79 Å². The fourth-order valence-corrected chi connectivity index (χ4v) is 2.45. The van der Waals surface area contributed by atoms with E-state index in [9.17, 15) is 9.59 Å². The molecule has 1 aliphatic rings. The van der Waals surface area contributed by atoms with Crippen molar-refractivity contribution in [2.45, 2.75) is 19.8 Å². The molecule has 0 aromatic carbocycles. The summed E-state index contributed by atoms with van der Waals surface area (Å²) in [5.41, 5.74) is 2.18. The number of nitrogens with one attached hydrogen (secondary N) is 1. The standard InChI is InChI=1S/C16H24N4O3/c1-3-4-13-5-6-14(11-18-13)19-7-9-20(10-8-19)16(22)23-12-15(21)17-2/h5-6,11H,3-4,7-10,12H2,1-2H3,(H,17,21). The molecular weight excluding hydrogens is 296 g/mol. The number of aryl methyl sites for hydroxylation is 1. The van der Waals surface area contributed by atoms with Gasteiger partial charge in [-0.3, -0.25) is 9.78 Å². The second kappa shape index (κ2) is 8.36. The number of aromatic nitrogens is 1. The number of likely N-dealkylation sites (N-methyl/N-ethyl adjacent to an activating group) is 1. The lowest BCUT2D eigenvalue weighted by Gasteiger charge is -2.35. The first-order valence-corrected chi connectivity index (χ1v) is 7.96. The van der Waals surface area contributed by atoms with Crippen LogP contribution in [0.15, 0.2) is 18.3 Å². The molecule has 1 saturated heterocycles. The average Bonchev–Trinajstić information content (AvgIpc) is 2.60. The summed E-state index contributed by atoms with van der Waals surface area (Å²) in [6.07, 6.45) is 3.53. The Hall–Kier alpha value is -2.31. The first-order valence-electron chi connectivity index (χ1n) is 7.96. The summed E-state index contributed by atoms with van der Waals surface area (Å²) < 4.78 is 4.96. The molecule has 7 heteroatoms. The van der Waals surface area contributed by atoms with E-state index in [0.29, 0.717) is 13.1 Å². The van der Waals surface area contributed by atoms with Gasteiger partial charge in [-0.1, -0.05) is 13.3 Å². The first-order chi connectivity index (χ1) is 11.1. The predicted molar refractivity (Wildman–Crippen MR) is 87.4 cm³/mol. The van der Waals surface area contributed by atoms with Gasteiger partial charge in [0.15, 0.2) is 6.61 Å². The molecule has 7 nitrogen and oxygen atoms in total. The Labute approximate surface area is 136 Å². The minimum absolute atomic E-state index is 0.238. The summed E-state index contributed by atoms with van der Waals surface area (Å²) in [7, 11) is 1.51. The van der Waals surface area contributed by atoms with Crippen LogP contribution in [0.5, 0.6) is 0 Å². The van der Waals surface area contributed by atoms with E-state index < -0.39 is 6.09 Å². The molecule has 2 heterocycles. The monoisotopic (exact) mass is 320 g/mol. The molecule has 1 aliphatic heterocycles. The zero-order valence-electron chi connectivity index (χ0n) is 13.7. The van der Waals surface area contributed by atoms with E-state index in [1.165, 1.54) is 7.05 Å². The maximum atomic E-state index is 11.9. The van der Waals surface area contributed by atoms with Crippen LogP contribution in [0.2, 0.25) is 0 Å². The summed E-state index contributed by atoms with van der Waals surface area (Å²) in [5, 5.41) is 2.42. The molecule has 0 aliphatic carbocycles. The molecule has 2 amide bonds. The topological polar surface area (TPSA) is 74.8 Å². The molecule has 0 radical (unpaired) electrons. The lowest BCUT2D eigenvalue weighted by molar-refractivity contribution is -0.123. The van der Waals surface area contributed by atoms with Crippen LogP contribution in [0, 0.1) is 0 Å². The maximum Gasteiger partial charge on any atom is 0.410 e. The van der Waals surface area contributed by atoms with Crippen LogP contribution in [0.1, 0.15) is 19.0 Å². The Morgan fingerprint density at radius 3 is 2.57 bits per heavy atom. The van der Waals surface area contributed by atoms with Crippen molar-refractivity contribution < 1.29 is 14.3 Å². The lowest BCUT2D eigenvalue weighted by Crippen LogP contribution is -2.49. The summed E-state index contributed by atoms with van der Waals surface area (Å²) in [4.78, 5) is 31.2. The molecule has 1 fully saturated rings. The fraction of sp³-hybridized carbons (Fsp3) is 0.562. The van der Waals surface area contributed by atoms with Crippen LogP contribution < -0.4 is 10.2 Å². The Morgan fingerprint density at radius 1 is 1.26 bits per heavy atom. The third-order valence-corrected chi connectivity index (χ3v) is 3.82. The van der Waals surface area contributed by atoms with E-state index in [1.54, 1.807) is 4.90 Å². The molecule has 0 saturated carbocycles. The van der Waals surface area contributed by atoms with Crippen LogP contribution in [0.25, 0.3) is 0 Å². The largest absolute Gasteiger partial charge is 0.439 e. The zero-order valence-corrected chi connectivity index (χ0v) is 13.7. The molecule has 23 heavy (non-hydrogen) atoms. The van der Waals surface area contributed by atoms with E-state index >= 15 is 0 Å². The maximum absolute atomic E-state index is 11.9. The van der Waals surface area contributed by atoms with Crippen LogP contribution in [-0.4, -0.2) is 61.7 Å². The van der Waals surface area contributed by atoms with Gasteiger partial charge >= 0.3 is 6.09 Å². The number of hydrogen-bond donors (Lipinski definition) is 1. The van der Waals surface area contributed by atoms with Crippen LogP contribution in [0.3, 0.4) is 0 Å². The minimum atomic E-state index is -0.440. The van der Waals surface area contributed by atoms with Gasteiger partial charge in [0.05, 0.1) is 11.9 Å². The van der Waals surface area contributed by atoms with Crippen molar-refractivity contribution in [2.24, 2.45) is 0 Å². The van der Waals surface area contributed by atoms with Gasteiger partial charge in [0.1, 0.15) is 0 Å². The van der Waals surface area contributed by atoms with Crippen LogP contribution >= 0.6 is 0 Å². The van der Waals surface area contributed by atoms with Crippen molar-refractivity contribution in [1.82, 2.24) is 15.2 Å². The van der Waals surface area contributed by atoms with Crippen molar-refractivity contribution in [3.8, 4) is 0 Å². The highest BCUT2D eigenvalue weighted by molar-refractivity contribution is 5.79. The van der Waals surface area contributed by atoms with Gasteiger partial charge in [0, 0.05) is 38.9 Å². The predicted octanol–water partition coefficient (Wildman–Crippen LogP) is 1.04. The third-order valence-electron chi connectivity index (χ3n) is 3.82. The molecule has 0 atom stereocenters. The number of rotatable bonds is 5. The summed E-state index contributed by atoms with van der Waals surface area (Å²) in [5.74, 6) is -0.310. The highest BCUT2D eigenvalue weighted by Crippen LogP contribution is 2.16. The van der Waals surface area contributed by atoms with Crippen molar-refractivity contribution >= 4 is 17.7 Å². The summed E-state index contributed by atoms with van der Waals surface area (Å²) >= 11 is 0. The fourth-order valence-electron chi connectivity index (χ4n) is 2.45. The molecule has 126 valence electrons. The molecule has 1 aromatic rings. The smallest absolute Gasteiger partial charge is 0.410 e. The quantitative estimate of drug-likeness (QED) is 0.877. The minimum Gasteiger partial charge on any atom is -0.439 e. The van der Waals surface area contributed by atoms with Gasteiger partial charge in [0.2, 0.25) is 0 Å². The number of hydrogen-bond acceptors (Lipinski definition) is 5. The molecule has 2 rings (SSSR count). The van der Waals surface area contributed by atoms with E-state index in [1.807, 2.05) is 6.20 Å². The van der Waals surface area contributed by atoms with Gasteiger partial charge in [-0.2, -0.15) is 0 Å². The van der Waals surface area contributed by atoms with E-state index in [-0.39, 0.29) is 12.5 Å². The average molecular weight is 320 g/mol. The molecule has 0 spiro atoms. The number of piperazine rings is 1. The van der Waals surface area contributed by atoms with Gasteiger partial charge < -0.3 is 19.9 Å². The highest BCUT2D eigenvalue weighted by atomic mass is 16.6. The van der Waals surface area contributed by atoms with E-state index in [0.717, 1.165) is 37.3 Å². The lowest BCUT2D eigenvalue weighted by atomic mass is 10.2. The summed E-state index contributed by atoms with van der Waals surface area (Å²) in [6, 6.07) is 4.14. The summed E-state index contributed by atoms with van der Waals surface area (Å²) in [6.45, 7) is 4.50. The Morgan fingerprint density at radius 2 is 2.00 bits per heavy atom. The van der Waals surface area contributed by atoms with Crippen LogP contribution in [0.4, 0.5) is 10.5 Å². The molecular formula is C16H24N4O3. The number of anilines is 1. The third kappa shape index (κ3) is 4.84. The SMILES string of the molecule is CCCc1ccc(N2CCN(C(=O)OCC(=O)NC)CC2)cn1. The number of nitrogens with zero attached hydrogens (tertiary/aromatic N) is 3. The van der Waals surface area contributed by atoms with Gasteiger partial charge in [0.25, 0.3) is 5.91 Å². The van der Waals surface area contributed by atoms with Crippen molar-refractivity contribution in [1.29, 1.82) is 0 Å². The van der Waals surface area contributed by atoms with Crippen molar-refractivity contribution in [3.63, 3.8) is 0 Å². The first kappa shape index (κ1) is 17.1. The zero-order chi connectivity index (χ0) is 16.7. The molecule has 0 bridgehead atoms. The van der Waals surface area contributed by atoms with Crippen molar-refractivity contribution in [2.75, 3.05) is 44.7 Å². The second-order valence-corrected chi connectivity index (χ2v) is 5.46. The number of carbonyl (C=O) groups excluding carboxylic acids is 2. The second-order valence-electron chi connectivity index (χ2n) is 5.46. The van der Waals surface area contributed by atoms with E-state index in [2.05, 4.69) is 34.3 Å². The van der Waals surface area contributed by atoms with Gasteiger partial charge in [-0.15, -0.1) is 0 Å². The number of pyridine rings is 1. The number of amides is 2. The van der Waals surface area contributed by atoms with Crippen molar-refractivity contribution in [3.05, 3.63) is 24.0 Å². The molecule has 1 N–H and O–H groups in total. The van der Waals surface area contributed by atoms with E-state index in [4.69, 9.17) is 4.74 Å². The van der Waals surface area contributed by atoms with Crippen LogP contribution in [-0.2, 0) is 16.0 Å². The highest BCUT2D eigenvalue weighted by Gasteiger charge is 2.22. The Kier molecular flexibility index (Phi) is 6.19. The Balaban J connectivity index is 1.81. The Bertz CT molecular complexity index is 525. The molecule has 1 aromatic heterocycles. The molecule has 0 unspecified atom stereocenters. The number of ether oxygens (including phenoxy) is 1. The normalized spacial score (nSPS) is 14.5. The van der Waals surface area contributed by atoms with Gasteiger partial charge in [-0.05, 0) is 18.6 Å². The number of carbonyl (C=O) groups is 2.